The first-order chi connectivity index (χ1) is 6.47. The average molecular weight is 176 g/mol. The number of likely N-dealkylation sites (tertiary alicyclic amines) is 1. The zero-order chi connectivity index (χ0) is 8.93. The summed E-state index contributed by atoms with van der Waals surface area (Å²) in [7, 11) is 0. The van der Waals surface area contributed by atoms with Gasteiger partial charge in [-0.2, -0.15) is 0 Å². The molecular weight excluding hydrogens is 158 g/mol. The van der Waals surface area contributed by atoms with Crippen molar-refractivity contribution in [2.75, 3.05) is 13.1 Å². The number of rotatable bonds is 1. The molecule has 13 heavy (non-hydrogen) atoms. The minimum atomic E-state index is 1.11. The molecule has 1 nitrogen and oxygen atoms in total. The Balaban J connectivity index is 1.97. The summed E-state index contributed by atoms with van der Waals surface area (Å²) in [6.07, 6.45) is 15.7. The highest BCUT2D eigenvalue weighted by Crippen LogP contribution is 2.18. The third-order valence-electron chi connectivity index (χ3n) is 2.84. The first-order valence-corrected chi connectivity index (χ1v) is 5.42. The van der Waals surface area contributed by atoms with E-state index in [2.05, 4.69) is 29.5 Å². The molecule has 0 amide bonds. The van der Waals surface area contributed by atoms with Crippen LogP contribution in [0.15, 0.2) is 23.9 Å². The highest BCUT2D eigenvalue weighted by atomic mass is 15.1. The van der Waals surface area contributed by atoms with Crippen LogP contribution in [0.3, 0.4) is 0 Å². The lowest BCUT2D eigenvalue weighted by Gasteiger charge is -2.25. The van der Waals surface area contributed by atoms with Crippen LogP contribution in [-0.2, 0) is 0 Å². The van der Waals surface area contributed by atoms with Gasteiger partial charge in [0.15, 0.2) is 0 Å². The van der Waals surface area contributed by atoms with Crippen molar-refractivity contribution in [3.8, 4) is 0 Å². The van der Waals surface area contributed by atoms with E-state index in [-0.39, 0.29) is 0 Å². The van der Waals surface area contributed by atoms with E-state index in [9.17, 15) is 0 Å². The minimum absolute atomic E-state index is 1.11. The van der Waals surface area contributed by atoms with Gasteiger partial charge in [0.2, 0.25) is 0 Å². The molecule has 1 heteroatoms. The zero-order valence-corrected chi connectivity index (χ0v) is 8.21. The fourth-order valence-corrected chi connectivity index (χ4v) is 2.07. The smallest absolute Gasteiger partial charge is 0.0322 e. The summed E-state index contributed by atoms with van der Waals surface area (Å²) in [6, 6.07) is 0. The molecule has 0 aromatic carbocycles. The summed E-state index contributed by atoms with van der Waals surface area (Å²) in [6.45, 7) is 2.52. The lowest BCUT2D eigenvalue weighted by Crippen LogP contribution is -2.23. The third-order valence-corrected chi connectivity index (χ3v) is 2.84. The maximum atomic E-state index is 2.54. The molecule has 0 atom stereocenters. The molecule has 1 saturated heterocycles. The molecule has 0 N–H and O–H groups in total. The quantitative estimate of drug-likeness (QED) is 0.594. The Hall–Kier alpha value is -0.720. The van der Waals surface area contributed by atoms with Crippen molar-refractivity contribution >= 4 is 0 Å². The van der Waals surface area contributed by atoms with E-state index < -0.39 is 0 Å². The van der Waals surface area contributed by atoms with Gasteiger partial charge >= 0.3 is 0 Å². The molecule has 0 saturated carbocycles. The molecular formula is C12H18N. The van der Waals surface area contributed by atoms with Crippen LogP contribution in [0.25, 0.3) is 0 Å². The second-order valence-corrected chi connectivity index (χ2v) is 3.86. The van der Waals surface area contributed by atoms with Crippen molar-refractivity contribution in [2.45, 2.75) is 32.1 Å². The molecule has 1 heterocycles. The van der Waals surface area contributed by atoms with Gasteiger partial charge in [-0.05, 0) is 31.8 Å². The third kappa shape index (κ3) is 2.36. The maximum Gasteiger partial charge on any atom is 0.0322 e. The molecule has 71 valence electrons. The van der Waals surface area contributed by atoms with Crippen LogP contribution in [0.2, 0.25) is 0 Å². The fraction of sp³-hybridized carbons (Fsp3) is 0.583. The minimum Gasteiger partial charge on any atom is -0.372 e. The van der Waals surface area contributed by atoms with Gasteiger partial charge in [-0.15, -0.1) is 0 Å². The first-order valence-electron chi connectivity index (χ1n) is 5.42. The van der Waals surface area contributed by atoms with Gasteiger partial charge < -0.3 is 4.90 Å². The van der Waals surface area contributed by atoms with Crippen molar-refractivity contribution in [1.82, 2.24) is 4.90 Å². The van der Waals surface area contributed by atoms with E-state index in [0.717, 1.165) is 6.42 Å². The standard InChI is InChI=1S/C12H18N/c1-2-7-11-13(10-6-1)12-8-4-3-5-9-12/h3-4,8-9H,1-2,5-7,10-11H2. The molecule has 0 aromatic heterocycles. The molecule has 2 aliphatic rings. The van der Waals surface area contributed by atoms with E-state index >= 15 is 0 Å². The second kappa shape index (κ2) is 4.50. The summed E-state index contributed by atoms with van der Waals surface area (Å²) >= 11 is 0. The van der Waals surface area contributed by atoms with E-state index in [1.807, 2.05) is 0 Å². The maximum absolute atomic E-state index is 2.54. The van der Waals surface area contributed by atoms with Gasteiger partial charge in [0.1, 0.15) is 0 Å². The Kier molecular flexibility index (Phi) is 3.07. The van der Waals surface area contributed by atoms with Gasteiger partial charge in [-0.3, -0.25) is 0 Å². The van der Waals surface area contributed by atoms with Crippen LogP contribution in [-0.4, -0.2) is 18.0 Å². The number of nitrogens with zero attached hydrogens (tertiary/aromatic N) is 1. The van der Waals surface area contributed by atoms with Gasteiger partial charge in [-0.25, -0.2) is 0 Å². The summed E-state index contributed by atoms with van der Waals surface area (Å²) in [5, 5.41) is 0. The van der Waals surface area contributed by atoms with Crippen molar-refractivity contribution in [3.05, 3.63) is 30.3 Å². The monoisotopic (exact) mass is 176 g/mol. The van der Waals surface area contributed by atoms with Gasteiger partial charge in [0.25, 0.3) is 0 Å². The van der Waals surface area contributed by atoms with Gasteiger partial charge in [-0.1, -0.05) is 25.0 Å². The lowest BCUT2D eigenvalue weighted by molar-refractivity contribution is 0.367. The SMILES string of the molecule is [CH]1C=CC(N2CCCCCC2)=CC1. The predicted octanol–water partition coefficient (Wildman–Crippen LogP) is 2.91. The number of allylic oxidation sites excluding steroid dienone is 3. The highest BCUT2D eigenvalue weighted by molar-refractivity contribution is 5.25. The molecule has 2 rings (SSSR count). The molecule has 0 unspecified atom stereocenters. The van der Waals surface area contributed by atoms with Crippen LogP contribution in [0, 0.1) is 6.42 Å². The van der Waals surface area contributed by atoms with Crippen LogP contribution in [0.5, 0.6) is 0 Å². The van der Waals surface area contributed by atoms with Crippen LogP contribution < -0.4 is 0 Å². The van der Waals surface area contributed by atoms with Crippen molar-refractivity contribution in [2.24, 2.45) is 0 Å². The number of hydrogen-bond acceptors (Lipinski definition) is 1. The largest absolute Gasteiger partial charge is 0.372 e. The van der Waals surface area contributed by atoms with Crippen molar-refractivity contribution < 1.29 is 0 Å². The van der Waals surface area contributed by atoms with Crippen LogP contribution >= 0.6 is 0 Å². The topological polar surface area (TPSA) is 3.24 Å². The van der Waals surface area contributed by atoms with Crippen molar-refractivity contribution in [1.29, 1.82) is 0 Å². The fourth-order valence-electron chi connectivity index (χ4n) is 2.07. The Labute approximate surface area is 81.1 Å². The molecule has 1 fully saturated rings. The Morgan fingerprint density at radius 1 is 1.00 bits per heavy atom. The second-order valence-electron chi connectivity index (χ2n) is 3.86. The molecule has 0 bridgehead atoms. The van der Waals surface area contributed by atoms with E-state index in [1.54, 1.807) is 0 Å². The van der Waals surface area contributed by atoms with E-state index in [1.165, 1.54) is 44.5 Å². The van der Waals surface area contributed by atoms with Crippen molar-refractivity contribution in [3.63, 3.8) is 0 Å². The normalized spacial score (nSPS) is 24.0. The molecule has 0 spiro atoms. The Morgan fingerprint density at radius 2 is 1.77 bits per heavy atom. The first kappa shape index (κ1) is 8.86. The van der Waals surface area contributed by atoms with E-state index in [4.69, 9.17) is 0 Å². The summed E-state index contributed by atoms with van der Waals surface area (Å²) in [5.41, 5.74) is 1.45. The van der Waals surface area contributed by atoms with Crippen LogP contribution in [0.1, 0.15) is 32.1 Å². The molecule has 1 radical (unpaired) electrons. The van der Waals surface area contributed by atoms with Gasteiger partial charge in [0, 0.05) is 18.8 Å². The zero-order valence-electron chi connectivity index (χ0n) is 8.21. The predicted molar refractivity (Wildman–Crippen MR) is 56.2 cm³/mol. The Bertz CT molecular complexity index is 207. The lowest BCUT2D eigenvalue weighted by atomic mass is 10.1. The van der Waals surface area contributed by atoms with Crippen LogP contribution in [0.4, 0.5) is 0 Å². The molecule has 1 aliphatic heterocycles. The van der Waals surface area contributed by atoms with Gasteiger partial charge in [0.05, 0.1) is 0 Å². The average Bonchev–Trinajstić information content (AvgIpc) is 2.47. The number of hydrogen-bond donors (Lipinski definition) is 0. The summed E-state index contributed by atoms with van der Waals surface area (Å²) in [4.78, 5) is 2.54. The highest BCUT2D eigenvalue weighted by Gasteiger charge is 2.10. The summed E-state index contributed by atoms with van der Waals surface area (Å²) in [5.74, 6) is 0. The van der Waals surface area contributed by atoms with E-state index in [0.29, 0.717) is 0 Å². The molecule has 1 aliphatic carbocycles. The Morgan fingerprint density at radius 3 is 2.38 bits per heavy atom. The summed E-state index contributed by atoms with van der Waals surface area (Å²) < 4.78 is 0. The molecule has 0 aromatic rings.